The van der Waals surface area contributed by atoms with Gasteiger partial charge < -0.3 is 28.4 Å². The second kappa shape index (κ2) is 8.98. The van der Waals surface area contributed by atoms with E-state index >= 15 is 0 Å². The Hall–Kier alpha value is -3.42. The van der Waals surface area contributed by atoms with Gasteiger partial charge in [-0.2, -0.15) is 0 Å². The Morgan fingerprint density at radius 3 is 1.82 bits per heavy atom. The zero-order chi connectivity index (χ0) is 20.8. The number of rotatable bonds is 7. The van der Waals surface area contributed by atoms with Crippen LogP contribution in [0, 0.1) is 6.92 Å². The van der Waals surface area contributed by atoms with Crippen LogP contribution in [0.4, 0.5) is 0 Å². The minimum atomic E-state index is -0.592. The fourth-order valence-corrected chi connectivity index (χ4v) is 2.68. The van der Waals surface area contributed by atoms with E-state index < -0.39 is 11.9 Å². The number of esters is 2. The predicted octanol–water partition coefficient (Wildman–Crippen LogP) is 3.39. The van der Waals surface area contributed by atoms with E-state index in [0.29, 0.717) is 22.8 Å². The molecule has 150 valence electrons. The summed E-state index contributed by atoms with van der Waals surface area (Å²) in [5.74, 6) is 0.404. The van der Waals surface area contributed by atoms with Gasteiger partial charge >= 0.3 is 11.9 Å². The summed E-state index contributed by atoms with van der Waals surface area (Å²) in [5.41, 5.74) is 1.04. The highest BCUT2D eigenvalue weighted by molar-refractivity contribution is 5.94. The normalized spacial score (nSPS) is 10.1. The van der Waals surface area contributed by atoms with E-state index in [9.17, 15) is 9.59 Å². The number of aryl methyl sites for hydroxylation is 1. The molecule has 8 heteroatoms. The maximum absolute atomic E-state index is 12.1. The van der Waals surface area contributed by atoms with Crippen molar-refractivity contribution < 1.29 is 38.0 Å². The van der Waals surface area contributed by atoms with Crippen molar-refractivity contribution in [2.24, 2.45) is 0 Å². The molecule has 0 aromatic heterocycles. The third-order valence-electron chi connectivity index (χ3n) is 3.98. The molecule has 0 bridgehead atoms. The van der Waals surface area contributed by atoms with Crippen molar-refractivity contribution in [3.8, 4) is 28.7 Å². The van der Waals surface area contributed by atoms with E-state index in [4.69, 9.17) is 28.4 Å². The molecule has 0 aliphatic carbocycles. The van der Waals surface area contributed by atoms with Gasteiger partial charge in [0.1, 0.15) is 28.4 Å². The SMILES string of the molecule is COC(=O)c1cc(Oc2cc(C)c(OC)c(C(=O)OC)c2)c(OC)cc1OC. The Labute approximate surface area is 162 Å². The zero-order valence-electron chi connectivity index (χ0n) is 16.6. The lowest BCUT2D eigenvalue weighted by atomic mass is 10.1. The van der Waals surface area contributed by atoms with Crippen LogP contribution in [0.25, 0.3) is 0 Å². The largest absolute Gasteiger partial charge is 0.496 e. The highest BCUT2D eigenvalue weighted by atomic mass is 16.5. The van der Waals surface area contributed by atoms with Crippen LogP contribution in [0.3, 0.4) is 0 Å². The van der Waals surface area contributed by atoms with Crippen LogP contribution in [0.1, 0.15) is 26.3 Å². The summed E-state index contributed by atoms with van der Waals surface area (Å²) < 4.78 is 31.3. The first-order valence-electron chi connectivity index (χ1n) is 8.19. The average Bonchev–Trinajstić information content (AvgIpc) is 2.71. The van der Waals surface area contributed by atoms with Gasteiger partial charge in [0.2, 0.25) is 0 Å². The van der Waals surface area contributed by atoms with Crippen molar-refractivity contribution in [2.75, 3.05) is 35.5 Å². The number of carbonyl (C=O) groups is 2. The van der Waals surface area contributed by atoms with E-state index in [1.165, 1.54) is 53.7 Å². The summed E-state index contributed by atoms with van der Waals surface area (Å²) in [6.07, 6.45) is 0. The summed E-state index contributed by atoms with van der Waals surface area (Å²) >= 11 is 0. The topological polar surface area (TPSA) is 89.5 Å². The smallest absolute Gasteiger partial charge is 0.341 e. The van der Waals surface area contributed by atoms with Crippen LogP contribution < -0.4 is 18.9 Å². The van der Waals surface area contributed by atoms with Crippen molar-refractivity contribution >= 4 is 11.9 Å². The molecule has 0 saturated carbocycles. The molecule has 0 radical (unpaired) electrons. The first-order valence-corrected chi connectivity index (χ1v) is 8.19. The Balaban J connectivity index is 2.57. The number of ether oxygens (including phenoxy) is 6. The second-order valence-corrected chi connectivity index (χ2v) is 5.61. The molecule has 28 heavy (non-hydrogen) atoms. The van der Waals surface area contributed by atoms with Gasteiger partial charge in [-0.3, -0.25) is 0 Å². The number of hydrogen-bond acceptors (Lipinski definition) is 8. The quantitative estimate of drug-likeness (QED) is 0.665. The van der Waals surface area contributed by atoms with Crippen LogP contribution in [0.15, 0.2) is 24.3 Å². The Bertz CT molecular complexity index is 888. The molecule has 2 aromatic carbocycles. The molecular weight excluding hydrogens is 368 g/mol. The van der Waals surface area contributed by atoms with E-state index in [0.717, 1.165) is 0 Å². The van der Waals surface area contributed by atoms with E-state index in [2.05, 4.69) is 0 Å². The van der Waals surface area contributed by atoms with Gasteiger partial charge in [-0.05, 0) is 24.6 Å². The van der Waals surface area contributed by atoms with Gasteiger partial charge in [-0.1, -0.05) is 0 Å². The predicted molar refractivity (Wildman–Crippen MR) is 100 cm³/mol. The summed E-state index contributed by atoms with van der Waals surface area (Å²) in [6, 6.07) is 6.13. The molecule has 0 spiro atoms. The second-order valence-electron chi connectivity index (χ2n) is 5.61. The first kappa shape index (κ1) is 20.9. The Morgan fingerprint density at radius 1 is 0.679 bits per heavy atom. The summed E-state index contributed by atoms with van der Waals surface area (Å²) in [7, 11) is 6.89. The van der Waals surface area contributed by atoms with Gasteiger partial charge in [-0.15, -0.1) is 0 Å². The van der Waals surface area contributed by atoms with Crippen molar-refractivity contribution in [3.63, 3.8) is 0 Å². The lowest BCUT2D eigenvalue weighted by molar-refractivity contribution is 0.0588. The maximum atomic E-state index is 12.1. The summed E-state index contributed by atoms with van der Waals surface area (Å²) in [5, 5.41) is 0. The molecule has 0 aliphatic heterocycles. The minimum absolute atomic E-state index is 0.166. The molecule has 0 saturated heterocycles. The number of methoxy groups -OCH3 is 5. The van der Waals surface area contributed by atoms with Crippen LogP contribution in [0.2, 0.25) is 0 Å². The molecule has 8 nitrogen and oxygen atoms in total. The molecule has 2 rings (SSSR count). The third-order valence-corrected chi connectivity index (χ3v) is 3.98. The van der Waals surface area contributed by atoms with Crippen LogP contribution in [-0.2, 0) is 9.47 Å². The van der Waals surface area contributed by atoms with Gasteiger partial charge in [-0.25, -0.2) is 9.59 Å². The number of benzene rings is 2. The van der Waals surface area contributed by atoms with Crippen molar-refractivity contribution in [1.29, 1.82) is 0 Å². The Kier molecular flexibility index (Phi) is 6.70. The lowest BCUT2D eigenvalue weighted by Crippen LogP contribution is -2.07. The highest BCUT2D eigenvalue weighted by Gasteiger charge is 2.21. The molecule has 0 fully saturated rings. The van der Waals surface area contributed by atoms with E-state index in [-0.39, 0.29) is 22.6 Å². The number of carbonyl (C=O) groups excluding carboxylic acids is 2. The summed E-state index contributed by atoms with van der Waals surface area (Å²) in [6.45, 7) is 1.77. The lowest BCUT2D eigenvalue weighted by Gasteiger charge is -2.16. The van der Waals surface area contributed by atoms with E-state index in [1.54, 1.807) is 13.0 Å². The number of hydrogen-bond donors (Lipinski definition) is 0. The van der Waals surface area contributed by atoms with Gasteiger partial charge in [0, 0.05) is 12.1 Å². The molecule has 0 N–H and O–H groups in total. The molecule has 0 aliphatic rings. The standard InChI is InChI=1S/C20H22O8/c1-11-7-12(8-14(18(11)25-4)20(22)27-6)28-17-9-13(19(21)26-5)15(23-2)10-16(17)24-3/h7-10H,1-6H3. The highest BCUT2D eigenvalue weighted by Crippen LogP contribution is 2.39. The monoisotopic (exact) mass is 390 g/mol. The molecular formula is C20H22O8. The van der Waals surface area contributed by atoms with Gasteiger partial charge in [0.05, 0.1) is 35.5 Å². The Morgan fingerprint density at radius 2 is 1.29 bits per heavy atom. The van der Waals surface area contributed by atoms with Crippen LogP contribution in [-0.4, -0.2) is 47.5 Å². The fraction of sp³-hybridized carbons (Fsp3) is 0.300. The van der Waals surface area contributed by atoms with E-state index in [1.807, 2.05) is 0 Å². The van der Waals surface area contributed by atoms with Crippen LogP contribution >= 0.6 is 0 Å². The fourth-order valence-electron chi connectivity index (χ4n) is 2.68. The van der Waals surface area contributed by atoms with Gasteiger partial charge in [0.25, 0.3) is 0 Å². The van der Waals surface area contributed by atoms with Gasteiger partial charge in [0.15, 0.2) is 11.5 Å². The third kappa shape index (κ3) is 4.11. The minimum Gasteiger partial charge on any atom is -0.496 e. The maximum Gasteiger partial charge on any atom is 0.341 e. The molecule has 0 heterocycles. The first-order chi connectivity index (χ1) is 13.4. The van der Waals surface area contributed by atoms with Crippen molar-refractivity contribution in [3.05, 3.63) is 41.0 Å². The molecule has 2 aromatic rings. The zero-order valence-corrected chi connectivity index (χ0v) is 16.6. The summed E-state index contributed by atoms with van der Waals surface area (Å²) in [4.78, 5) is 24.1. The molecule has 0 atom stereocenters. The molecule has 0 unspecified atom stereocenters. The van der Waals surface area contributed by atoms with Crippen LogP contribution in [0.5, 0.6) is 28.7 Å². The van der Waals surface area contributed by atoms with Crippen molar-refractivity contribution in [2.45, 2.75) is 6.92 Å². The van der Waals surface area contributed by atoms with Crippen molar-refractivity contribution in [1.82, 2.24) is 0 Å². The average molecular weight is 390 g/mol. The molecule has 0 amide bonds.